The van der Waals surface area contributed by atoms with Crippen LogP contribution < -0.4 is 5.73 Å². The van der Waals surface area contributed by atoms with Gasteiger partial charge in [0.25, 0.3) is 0 Å². The standard InChI is InChI=1S/C30H38N4O3S2.ClH/c1-20(2)39(36,37)33-13-11-25(12-14-33)34-19-27(22-5-4-6-23(16-22)30(31)38)26-9-7-21(15-28(26)34)8-10-29(35)24-17-32(3)18-24;/h4-7,9,15-16,19-20,24-25H,8,10-14,17-18H2,1-3H3,(H2,31,38);1H. The number of carbonyl (C=O) groups excluding carboxylic acids is 1. The van der Waals surface area contributed by atoms with Crippen LogP contribution in [0, 0.1) is 5.92 Å². The first-order valence-electron chi connectivity index (χ1n) is 13.8. The molecule has 0 amide bonds. The van der Waals surface area contributed by atoms with E-state index in [0.29, 0.717) is 30.3 Å². The van der Waals surface area contributed by atoms with E-state index in [0.717, 1.165) is 65.5 Å². The smallest absolute Gasteiger partial charge is 0.216 e. The lowest BCUT2D eigenvalue weighted by atomic mass is 9.92. The molecular formula is C30H39ClN4O3S2. The molecule has 3 heterocycles. The van der Waals surface area contributed by atoms with Crippen molar-refractivity contribution in [2.75, 3.05) is 33.2 Å². The van der Waals surface area contributed by atoms with E-state index in [2.05, 4.69) is 39.9 Å². The third kappa shape index (κ3) is 6.14. The van der Waals surface area contributed by atoms with E-state index in [-0.39, 0.29) is 24.4 Å². The number of nitrogens with zero attached hydrogens (tertiary/aromatic N) is 3. The number of fused-ring (bicyclic) bond motifs is 1. The molecule has 2 fully saturated rings. The van der Waals surface area contributed by atoms with Crippen LogP contribution in [0.5, 0.6) is 0 Å². The summed E-state index contributed by atoms with van der Waals surface area (Å²) in [6, 6.07) is 14.7. The first kappa shape index (κ1) is 30.7. The normalized spacial score (nSPS) is 17.6. The molecule has 0 saturated carbocycles. The van der Waals surface area contributed by atoms with Crippen LogP contribution in [-0.4, -0.2) is 71.4 Å². The lowest BCUT2D eigenvalue weighted by Crippen LogP contribution is -2.47. The van der Waals surface area contributed by atoms with Crippen LogP contribution in [0.2, 0.25) is 0 Å². The van der Waals surface area contributed by atoms with Crippen LogP contribution >= 0.6 is 24.6 Å². The van der Waals surface area contributed by atoms with E-state index in [1.165, 1.54) is 0 Å². The van der Waals surface area contributed by atoms with Crippen molar-refractivity contribution in [3.05, 3.63) is 59.8 Å². The summed E-state index contributed by atoms with van der Waals surface area (Å²) in [4.78, 5) is 15.2. The Morgan fingerprint density at radius 1 is 1.10 bits per heavy atom. The zero-order valence-electron chi connectivity index (χ0n) is 23.4. The molecule has 0 bridgehead atoms. The third-order valence-electron chi connectivity index (χ3n) is 8.31. The number of Topliss-reactive ketones (excluding diaryl/α,β-unsaturated/α-hetero) is 1. The molecule has 2 aliphatic heterocycles. The minimum Gasteiger partial charge on any atom is -0.389 e. The Hall–Kier alpha value is -2.30. The third-order valence-corrected chi connectivity index (χ3v) is 10.8. The molecule has 1 aromatic heterocycles. The van der Waals surface area contributed by atoms with Crippen LogP contribution in [0.4, 0.5) is 0 Å². The first-order valence-corrected chi connectivity index (χ1v) is 15.7. The highest BCUT2D eigenvalue weighted by Crippen LogP contribution is 2.37. The average Bonchev–Trinajstić information content (AvgIpc) is 3.29. The summed E-state index contributed by atoms with van der Waals surface area (Å²) in [6.45, 7) is 6.23. The second-order valence-electron chi connectivity index (χ2n) is 11.4. The Morgan fingerprint density at radius 3 is 2.42 bits per heavy atom. The van der Waals surface area contributed by atoms with E-state index in [9.17, 15) is 13.2 Å². The molecule has 40 heavy (non-hydrogen) atoms. The number of likely N-dealkylation sites (tertiary alicyclic amines) is 1. The topological polar surface area (TPSA) is 88.6 Å². The fourth-order valence-corrected chi connectivity index (χ4v) is 7.31. The number of hydrogen-bond acceptors (Lipinski definition) is 5. The molecule has 0 spiro atoms. The summed E-state index contributed by atoms with van der Waals surface area (Å²) in [5.74, 6) is 0.514. The van der Waals surface area contributed by atoms with Gasteiger partial charge in [0.2, 0.25) is 10.0 Å². The largest absolute Gasteiger partial charge is 0.389 e. The summed E-state index contributed by atoms with van der Waals surface area (Å²) in [5, 5.41) is 0.711. The van der Waals surface area contributed by atoms with Gasteiger partial charge < -0.3 is 15.2 Å². The summed E-state index contributed by atoms with van der Waals surface area (Å²) in [7, 11) is -1.22. The number of nitrogens with two attached hydrogens (primary N) is 1. The highest BCUT2D eigenvalue weighted by molar-refractivity contribution is 7.89. The molecule has 0 unspecified atom stereocenters. The van der Waals surface area contributed by atoms with Crippen molar-refractivity contribution in [2.24, 2.45) is 11.7 Å². The number of halogens is 1. The van der Waals surface area contributed by atoms with Gasteiger partial charge >= 0.3 is 0 Å². The molecule has 2 aromatic carbocycles. The summed E-state index contributed by atoms with van der Waals surface area (Å²) >= 11 is 5.23. The average molecular weight is 603 g/mol. The summed E-state index contributed by atoms with van der Waals surface area (Å²) < 4.78 is 29.5. The lowest BCUT2D eigenvalue weighted by molar-refractivity contribution is -0.127. The van der Waals surface area contributed by atoms with E-state index in [1.807, 2.05) is 25.2 Å². The molecule has 0 atom stereocenters. The minimum atomic E-state index is -3.26. The maximum Gasteiger partial charge on any atom is 0.216 e. The molecule has 5 rings (SSSR count). The quantitative estimate of drug-likeness (QED) is 0.354. The van der Waals surface area contributed by atoms with Gasteiger partial charge in [-0.2, -0.15) is 0 Å². The van der Waals surface area contributed by atoms with Crippen molar-refractivity contribution in [2.45, 2.75) is 50.8 Å². The Morgan fingerprint density at radius 2 is 1.80 bits per heavy atom. The maximum absolute atomic E-state index is 12.7. The molecule has 2 saturated heterocycles. The van der Waals surface area contributed by atoms with Gasteiger partial charge in [-0.15, -0.1) is 12.4 Å². The zero-order chi connectivity index (χ0) is 27.9. The number of rotatable bonds is 9. The number of benzene rings is 2. The monoisotopic (exact) mass is 602 g/mol. The number of ketones is 1. The molecule has 216 valence electrons. The van der Waals surface area contributed by atoms with E-state index in [4.69, 9.17) is 18.0 Å². The van der Waals surface area contributed by atoms with Gasteiger partial charge in [-0.05, 0) is 63.4 Å². The Labute approximate surface area is 249 Å². The Kier molecular flexibility index (Phi) is 9.42. The lowest BCUT2D eigenvalue weighted by Gasteiger charge is -2.35. The molecule has 10 heteroatoms. The van der Waals surface area contributed by atoms with Crippen molar-refractivity contribution >= 4 is 56.3 Å². The van der Waals surface area contributed by atoms with Crippen LogP contribution in [0.3, 0.4) is 0 Å². The molecular weight excluding hydrogens is 564 g/mol. The second-order valence-corrected chi connectivity index (χ2v) is 14.3. The molecule has 7 nitrogen and oxygen atoms in total. The number of aromatic nitrogens is 1. The molecule has 0 radical (unpaired) electrons. The number of thiocarbonyl (C=S) groups is 1. The van der Waals surface area contributed by atoms with Gasteiger partial charge in [0.05, 0.1) is 5.25 Å². The summed E-state index contributed by atoms with van der Waals surface area (Å²) in [6.07, 6.45) is 4.97. The molecule has 2 aliphatic rings. The summed E-state index contributed by atoms with van der Waals surface area (Å²) in [5.41, 5.74) is 11.2. The van der Waals surface area contributed by atoms with Gasteiger partial charge in [-0.25, -0.2) is 12.7 Å². The van der Waals surface area contributed by atoms with Crippen LogP contribution in [0.1, 0.15) is 50.3 Å². The SMILES string of the molecule is CC(C)S(=O)(=O)N1CCC(n2cc(-c3cccc(C(N)=S)c3)c3ccc(CCC(=O)C4CN(C)C4)cc32)CC1.Cl. The molecule has 3 aromatic rings. The number of piperidine rings is 1. The van der Waals surface area contributed by atoms with Crippen LogP contribution in [-0.2, 0) is 21.2 Å². The number of hydrogen-bond donors (Lipinski definition) is 1. The van der Waals surface area contributed by atoms with Gasteiger partial charge in [0, 0.05) is 72.8 Å². The van der Waals surface area contributed by atoms with Gasteiger partial charge in [-0.3, -0.25) is 4.79 Å². The van der Waals surface area contributed by atoms with Gasteiger partial charge in [0.15, 0.2) is 0 Å². The zero-order valence-corrected chi connectivity index (χ0v) is 25.8. The highest BCUT2D eigenvalue weighted by Gasteiger charge is 2.32. The van der Waals surface area contributed by atoms with Crippen molar-refractivity contribution < 1.29 is 13.2 Å². The number of sulfonamides is 1. The second kappa shape index (κ2) is 12.3. The maximum atomic E-state index is 12.7. The first-order chi connectivity index (χ1) is 18.5. The predicted octanol–water partition coefficient (Wildman–Crippen LogP) is 4.80. The Bertz CT molecular complexity index is 1500. The van der Waals surface area contributed by atoms with E-state index in [1.54, 1.807) is 18.2 Å². The van der Waals surface area contributed by atoms with Crippen molar-refractivity contribution in [1.29, 1.82) is 0 Å². The van der Waals surface area contributed by atoms with Crippen molar-refractivity contribution in [3.63, 3.8) is 0 Å². The predicted molar refractivity (Wildman–Crippen MR) is 169 cm³/mol. The number of carbonyl (C=O) groups is 1. The molecule has 0 aliphatic carbocycles. The van der Waals surface area contributed by atoms with Crippen LogP contribution in [0.15, 0.2) is 48.7 Å². The van der Waals surface area contributed by atoms with Gasteiger partial charge in [-0.1, -0.05) is 42.5 Å². The van der Waals surface area contributed by atoms with E-state index < -0.39 is 15.3 Å². The Balaban J connectivity index is 0.00000370. The minimum absolute atomic E-state index is 0. The highest BCUT2D eigenvalue weighted by atomic mass is 35.5. The molecule has 2 N–H and O–H groups in total. The van der Waals surface area contributed by atoms with E-state index >= 15 is 0 Å². The fourth-order valence-electron chi connectivity index (χ4n) is 5.87. The van der Waals surface area contributed by atoms with Crippen molar-refractivity contribution in [1.82, 2.24) is 13.8 Å². The number of aryl methyl sites for hydroxylation is 1. The van der Waals surface area contributed by atoms with Crippen LogP contribution in [0.25, 0.3) is 22.0 Å². The van der Waals surface area contributed by atoms with Gasteiger partial charge in [0.1, 0.15) is 10.8 Å². The fraction of sp³-hybridized carbons (Fsp3) is 0.467. The van der Waals surface area contributed by atoms with Crippen molar-refractivity contribution in [3.8, 4) is 11.1 Å².